The number of hydrogen-bond acceptors (Lipinski definition) is 3. The highest BCUT2D eigenvalue weighted by Crippen LogP contribution is 2.33. The van der Waals surface area contributed by atoms with Gasteiger partial charge in [-0.25, -0.2) is 4.39 Å². The number of amides is 2. The van der Waals surface area contributed by atoms with E-state index in [4.69, 9.17) is 11.6 Å². The molecule has 0 unspecified atom stereocenters. The Bertz CT molecular complexity index is 795. The molecule has 1 aromatic rings. The molecule has 3 rings (SSSR count). The highest BCUT2D eigenvalue weighted by atomic mass is 35.5. The number of piperazine rings is 1. The van der Waals surface area contributed by atoms with Crippen LogP contribution < -0.4 is 5.32 Å². The van der Waals surface area contributed by atoms with Crippen molar-refractivity contribution in [2.24, 2.45) is 11.3 Å². The van der Waals surface area contributed by atoms with Crippen LogP contribution in [-0.2, 0) is 9.59 Å². The third-order valence-corrected chi connectivity index (χ3v) is 6.48. The maximum Gasteiger partial charge on any atom is 0.228 e. The molecule has 1 aromatic carbocycles. The van der Waals surface area contributed by atoms with Gasteiger partial charge in [0.1, 0.15) is 5.82 Å². The third kappa shape index (κ3) is 5.33. The molecule has 3 atom stereocenters. The first-order valence-electron chi connectivity index (χ1n) is 10.8. The van der Waals surface area contributed by atoms with Crippen molar-refractivity contribution in [1.82, 2.24) is 15.1 Å². The molecule has 166 valence electrons. The molecular formula is C23H33ClFN3O2. The lowest BCUT2D eigenvalue weighted by Gasteiger charge is -2.41. The summed E-state index contributed by atoms with van der Waals surface area (Å²) in [6.45, 7) is 11.1. The molecule has 0 aromatic heterocycles. The van der Waals surface area contributed by atoms with E-state index in [2.05, 4.69) is 26.1 Å². The van der Waals surface area contributed by atoms with Crippen molar-refractivity contribution >= 4 is 23.4 Å². The van der Waals surface area contributed by atoms with E-state index in [9.17, 15) is 14.0 Å². The lowest BCUT2D eigenvalue weighted by molar-refractivity contribution is -0.145. The van der Waals surface area contributed by atoms with Gasteiger partial charge in [-0.3, -0.25) is 9.59 Å². The number of carbonyl (C=O) groups is 2. The summed E-state index contributed by atoms with van der Waals surface area (Å²) in [7, 11) is 0. The molecular weight excluding hydrogens is 405 g/mol. The number of halogens is 2. The summed E-state index contributed by atoms with van der Waals surface area (Å²) in [4.78, 5) is 29.7. The van der Waals surface area contributed by atoms with Crippen LogP contribution in [0.15, 0.2) is 18.2 Å². The SMILES string of the molecule is C[C@H]1CN(C(=O)CCC(C)(C)C)CCN1C(=O)[C@@H]1CNC[C@H]1c1ccc(Cl)cc1F. The number of nitrogens with zero attached hydrogens (tertiary/aromatic N) is 2. The summed E-state index contributed by atoms with van der Waals surface area (Å²) in [6, 6.07) is 4.61. The van der Waals surface area contributed by atoms with Gasteiger partial charge >= 0.3 is 0 Å². The zero-order valence-corrected chi connectivity index (χ0v) is 19.1. The monoisotopic (exact) mass is 437 g/mol. The van der Waals surface area contributed by atoms with Crippen LogP contribution >= 0.6 is 11.6 Å². The van der Waals surface area contributed by atoms with Crippen LogP contribution in [0, 0.1) is 17.2 Å². The van der Waals surface area contributed by atoms with E-state index in [0.29, 0.717) is 49.7 Å². The first kappa shape index (κ1) is 23.0. The Kier molecular flexibility index (Phi) is 7.08. The molecule has 1 N–H and O–H groups in total. The topological polar surface area (TPSA) is 52.7 Å². The van der Waals surface area contributed by atoms with Crippen molar-refractivity contribution in [3.8, 4) is 0 Å². The number of nitrogens with one attached hydrogen (secondary N) is 1. The second-order valence-electron chi connectivity index (χ2n) is 9.82. The Morgan fingerprint density at radius 2 is 1.97 bits per heavy atom. The molecule has 0 aliphatic carbocycles. The predicted molar refractivity (Wildman–Crippen MR) is 117 cm³/mol. The van der Waals surface area contributed by atoms with Gasteiger partial charge in [-0.1, -0.05) is 38.4 Å². The van der Waals surface area contributed by atoms with Gasteiger partial charge < -0.3 is 15.1 Å². The molecule has 0 bridgehead atoms. The fraction of sp³-hybridized carbons (Fsp3) is 0.652. The fourth-order valence-electron chi connectivity index (χ4n) is 4.43. The maximum atomic E-state index is 14.5. The second-order valence-corrected chi connectivity index (χ2v) is 10.3. The van der Waals surface area contributed by atoms with E-state index in [1.807, 2.05) is 16.7 Å². The van der Waals surface area contributed by atoms with Crippen LogP contribution in [0.4, 0.5) is 4.39 Å². The average molecular weight is 438 g/mol. The van der Waals surface area contributed by atoms with Crippen molar-refractivity contribution in [2.45, 2.75) is 52.5 Å². The van der Waals surface area contributed by atoms with Crippen molar-refractivity contribution in [3.05, 3.63) is 34.6 Å². The summed E-state index contributed by atoms with van der Waals surface area (Å²) >= 11 is 5.89. The van der Waals surface area contributed by atoms with Gasteiger partial charge in [0.15, 0.2) is 0 Å². The molecule has 30 heavy (non-hydrogen) atoms. The largest absolute Gasteiger partial charge is 0.339 e. The van der Waals surface area contributed by atoms with Gasteiger partial charge in [-0.2, -0.15) is 0 Å². The van der Waals surface area contributed by atoms with Crippen LogP contribution in [0.2, 0.25) is 5.02 Å². The van der Waals surface area contributed by atoms with Crippen LogP contribution in [0.3, 0.4) is 0 Å². The van der Waals surface area contributed by atoms with Crippen LogP contribution in [0.1, 0.15) is 52.0 Å². The quantitative estimate of drug-likeness (QED) is 0.781. The molecule has 2 fully saturated rings. The van der Waals surface area contributed by atoms with Gasteiger partial charge in [0.05, 0.1) is 5.92 Å². The average Bonchev–Trinajstić information content (AvgIpc) is 3.14. The van der Waals surface area contributed by atoms with E-state index in [1.54, 1.807) is 12.1 Å². The molecule has 0 saturated carbocycles. The standard InChI is InChI=1S/C23H33ClFN3O2/c1-15-14-27(21(29)7-8-23(2,3)4)9-10-28(15)22(30)19-13-26-12-18(19)17-6-5-16(24)11-20(17)25/h5-6,11,15,18-19,26H,7-10,12-14H2,1-4H3/t15-,18-,19+/m0/s1. The highest BCUT2D eigenvalue weighted by molar-refractivity contribution is 6.30. The van der Waals surface area contributed by atoms with Crippen molar-refractivity contribution in [3.63, 3.8) is 0 Å². The minimum atomic E-state index is -0.365. The summed E-state index contributed by atoms with van der Waals surface area (Å²) in [6.07, 6.45) is 1.38. The zero-order chi connectivity index (χ0) is 22.1. The number of rotatable bonds is 4. The number of benzene rings is 1. The summed E-state index contributed by atoms with van der Waals surface area (Å²) in [5.41, 5.74) is 0.659. The lowest BCUT2D eigenvalue weighted by Crippen LogP contribution is -2.57. The molecule has 2 aliphatic heterocycles. The Morgan fingerprint density at radius 3 is 2.60 bits per heavy atom. The van der Waals surface area contributed by atoms with Gasteiger partial charge in [0.2, 0.25) is 11.8 Å². The lowest BCUT2D eigenvalue weighted by atomic mass is 9.87. The van der Waals surface area contributed by atoms with E-state index >= 15 is 0 Å². The predicted octanol–water partition coefficient (Wildman–Crippen LogP) is 3.67. The third-order valence-electron chi connectivity index (χ3n) is 6.25. The molecule has 5 nitrogen and oxygen atoms in total. The normalized spacial score (nSPS) is 24.9. The van der Waals surface area contributed by atoms with Crippen LogP contribution in [-0.4, -0.2) is 60.4 Å². The molecule has 2 saturated heterocycles. The maximum absolute atomic E-state index is 14.5. The molecule has 2 heterocycles. The molecule has 2 amide bonds. The zero-order valence-electron chi connectivity index (χ0n) is 18.4. The summed E-state index contributed by atoms with van der Waals surface area (Å²) in [5.74, 6) is -0.697. The van der Waals surface area contributed by atoms with Gasteiger partial charge in [0.25, 0.3) is 0 Å². The van der Waals surface area contributed by atoms with Crippen molar-refractivity contribution < 1.29 is 14.0 Å². The molecule has 2 aliphatic rings. The Balaban J connectivity index is 1.64. The van der Waals surface area contributed by atoms with Crippen molar-refractivity contribution in [2.75, 3.05) is 32.7 Å². The minimum Gasteiger partial charge on any atom is -0.339 e. The first-order valence-corrected chi connectivity index (χ1v) is 11.2. The fourth-order valence-corrected chi connectivity index (χ4v) is 4.59. The summed E-state index contributed by atoms with van der Waals surface area (Å²) in [5, 5.41) is 3.60. The molecule has 0 spiro atoms. The molecule has 7 heteroatoms. The van der Waals surface area contributed by atoms with E-state index < -0.39 is 0 Å². The smallest absolute Gasteiger partial charge is 0.228 e. The van der Waals surface area contributed by atoms with E-state index in [0.717, 1.165) is 6.42 Å². The van der Waals surface area contributed by atoms with E-state index in [1.165, 1.54) is 6.07 Å². The van der Waals surface area contributed by atoms with Crippen molar-refractivity contribution in [1.29, 1.82) is 0 Å². The van der Waals surface area contributed by atoms with Crippen LogP contribution in [0.5, 0.6) is 0 Å². The second kappa shape index (κ2) is 9.23. The number of carbonyl (C=O) groups excluding carboxylic acids is 2. The minimum absolute atomic E-state index is 0.0358. The highest BCUT2D eigenvalue weighted by Gasteiger charge is 2.40. The Hall–Kier alpha value is -1.66. The van der Waals surface area contributed by atoms with Gasteiger partial charge in [-0.15, -0.1) is 0 Å². The summed E-state index contributed by atoms with van der Waals surface area (Å²) < 4.78 is 14.5. The van der Waals surface area contributed by atoms with Crippen LogP contribution in [0.25, 0.3) is 0 Å². The number of hydrogen-bond donors (Lipinski definition) is 1. The Morgan fingerprint density at radius 1 is 1.23 bits per heavy atom. The Labute approximate surface area is 183 Å². The van der Waals surface area contributed by atoms with Gasteiger partial charge in [-0.05, 0) is 36.5 Å². The molecule has 0 radical (unpaired) electrons. The van der Waals surface area contributed by atoms with Gasteiger partial charge in [0, 0.05) is 56.1 Å². The first-order chi connectivity index (χ1) is 14.1. The van der Waals surface area contributed by atoms with E-state index in [-0.39, 0.29) is 40.9 Å².